The fourth-order valence-electron chi connectivity index (χ4n) is 4.12. The summed E-state index contributed by atoms with van der Waals surface area (Å²) < 4.78 is 1.15. The summed E-state index contributed by atoms with van der Waals surface area (Å²) in [5.41, 5.74) is 2.84. The molecule has 1 aliphatic carbocycles. The van der Waals surface area contributed by atoms with Crippen LogP contribution < -0.4 is 10.2 Å². The van der Waals surface area contributed by atoms with E-state index in [0.29, 0.717) is 12.0 Å². The van der Waals surface area contributed by atoms with Crippen molar-refractivity contribution in [2.45, 2.75) is 70.9 Å². The van der Waals surface area contributed by atoms with Gasteiger partial charge in [-0.05, 0) is 42.5 Å². The van der Waals surface area contributed by atoms with Crippen molar-refractivity contribution in [3.05, 3.63) is 45.7 Å². The monoisotopic (exact) mass is 428 g/mol. The van der Waals surface area contributed by atoms with Gasteiger partial charge in [-0.1, -0.05) is 55.1 Å². The van der Waals surface area contributed by atoms with Gasteiger partial charge in [0.25, 0.3) is 0 Å². The SMILES string of the molecule is CC(C)c1nc(NC2CCCCC2)cc(N2CCc3ccc(Br)cc3C2)n1. The lowest BCUT2D eigenvalue weighted by Crippen LogP contribution is -2.32. The molecule has 4 nitrogen and oxygen atoms in total. The second-order valence-electron chi connectivity index (χ2n) is 8.19. The Kier molecular flexibility index (Phi) is 5.67. The molecular weight excluding hydrogens is 400 g/mol. The molecule has 0 bridgehead atoms. The first-order valence-corrected chi connectivity index (χ1v) is 11.1. The van der Waals surface area contributed by atoms with Crippen LogP contribution >= 0.6 is 15.9 Å². The third-order valence-corrected chi connectivity index (χ3v) is 6.20. The van der Waals surface area contributed by atoms with E-state index < -0.39 is 0 Å². The Morgan fingerprint density at radius 3 is 2.67 bits per heavy atom. The summed E-state index contributed by atoms with van der Waals surface area (Å²) in [7, 11) is 0. The number of aromatic nitrogens is 2. The Morgan fingerprint density at radius 1 is 1.07 bits per heavy atom. The van der Waals surface area contributed by atoms with Crippen molar-refractivity contribution in [2.75, 3.05) is 16.8 Å². The van der Waals surface area contributed by atoms with Crippen LogP contribution in [0.2, 0.25) is 0 Å². The van der Waals surface area contributed by atoms with Crippen LogP contribution in [0.4, 0.5) is 11.6 Å². The van der Waals surface area contributed by atoms with Crippen LogP contribution in [0.15, 0.2) is 28.7 Å². The molecule has 1 fully saturated rings. The summed E-state index contributed by atoms with van der Waals surface area (Å²) >= 11 is 3.61. The Bertz CT molecular complexity index is 799. The van der Waals surface area contributed by atoms with Gasteiger partial charge in [-0.2, -0.15) is 0 Å². The van der Waals surface area contributed by atoms with Crippen LogP contribution in [0, 0.1) is 0 Å². The van der Waals surface area contributed by atoms with E-state index in [4.69, 9.17) is 9.97 Å². The maximum absolute atomic E-state index is 4.91. The average molecular weight is 429 g/mol. The second kappa shape index (κ2) is 8.17. The fourth-order valence-corrected chi connectivity index (χ4v) is 4.53. The summed E-state index contributed by atoms with van der Waals surface area (Å²) in [6.07, 6.45) is 7.58. The molecule has 1 N–H and O–H groups in total. The summed E-state index contributed by atoms with van der Waals surface area (Å²) in [4.78, 5) is 12.1. The average Bonchev–Trinajstić information content (AvgIpc) is 2.68. The summed E-state index contributed by atoms with van der Waals surface area (Å²) in [6.45, 7) is 6.26. The van der Waals surface area contributed by atoms with Gasteiger partial charge in [-0.3, -0.25) is 0 Å². The number of fused-ring (bicyclic) bond motifs is 1. The Balaban J connectivity index is 1.59. The second-order valence-corrected chi connectivity index (χ2v) is 9.10. The smallest absolute Gasteiger partial charge is 0.135 e. The van der Waals surface area contributed by atoms with E-state index in [1.54, 1.807) is 0 Å². The largest absolute Gasteiger partial charge is 0.367 e. The predicted molar refractivity (Wildman–Crippen MR) is 116 cm³/mol. The first kappa shape index (κ1) is 18.7. The van der Waals surface area contributed by atoms with E-state index in [9.17, 15) is 0 Å². The molecule has 1 aromatic heterocycles. The van der Waals surface area contributed by atoms with Gasteiger partial charge in [-0.25, -0.2) is 9.97 Å². The Labute approximate surface area is 170 Å². The molecule has 0 spiro atoms. The standard InChI is InChI=1S/C22H29BrN4/c1-15(2)22-25-20(24-19-6-4-3-5-7-19)13-21(26-22)27-11-10-16-8-9-18(23)12-17(16)14-27/h8-9,12-13,15,19H,3-7,10-11,14H2,1-2H3,(H,24,25,26). The van der Waals surface area contributed by atoms with Crippen LogP contribution in [0.5, 0.6) is 0 Å². The summed E-state index contributed by atoms with van der Waals surface area (Å²) in [5, 5.41) is 3.70. The lowest BCUT2D eigenvalue weighted by molar-refractivity contribution is 0.461. The van der Waals surface area contributed by atoms with Gasteiger partial charge in [0, 0.05) is 35.6 Å². The number of rotatable bonds is 4. The molecule has 0 atom stereocenters. The molecule has 144 valence electrons. The molecule has 2 heterocycles. The third-order valence-electron chi connectivity index (χ3n) is 5.71. The molecule has 1 saturated carbocycles. The van der Waals surface area contributed by atoms with E-state index in [1.807, 2.05) is 0 Å². The van der Waals surface area contributed by atoms with Gasteiger partial charge in [0.05, 0.1) is 0 Å². The van der Waals surface area contributed by atoms with Crippen LogP contribution in [0.1, 0.15) is 68.8 Å². The molecule has 1 aromatic carbocycles. The molecule has 5 heteroatoms. The highest BCUT2D eigenvalue weighted by Gasteiger charge is 2.21. The van der Waals surface area contributed by atoms with Crippen LogP contribution in [-0.4, -0.2) is 22.6 Å². The molecule has 4 rings (SSSR count). The number of halogens is 1. The highest BCUT2D eigenvalue weighted by molar-refractivity contribution is 9.10. The lowest BCUT2D eigenvalue weighted by atomic mass is 9.95. The van der Waals surface area contributed by atoms with Crippen molar-refractivity contribution in [1.82, 2.24) is 9.97 Å². The molecule has 2 aromatic rings. The van der Waals surface area contributed by atoms with Crippen LogP contribution in [0.25, 0.3) is 0 Å². The number of hydrogen-bond acceptors (Lipinski definition) is 4. The highest BCUT2D eigenvalue weighted by Crippen LogP contribution is 2.29. The summed E-state index contributed by atoms with van der Waals surface area (Å²) in [6, 6.07) is 9.34. The molecule has 0 amide bonds. The molecule has 2 aliphatic rings. The van der Waals surface area contributed by atoms with Gasteiger partial charge >= 0.3 is 0 Å². The number of nitrogens with zero attached hydrogens (tertiary/aromatic N) is 3. The summed E-state index contributed by atoms with van der Waals surface area (Å²) in [5.74, 6) is 3.31. The minimum absolute atomic E-state index is 0.322. The minimum atomic E-state index is 0.322. The van der Waals surface area contributed by atoms with E-state index in [0.717, 1.165) is 41.4 Å². The Hall–Kier alpha value is -1.62. The first-order chi connectivity index (χ1) is 13.1. The van der Waals surface area contributed by atoms with E-state index in [2.05, 4.69) is 64.3 Å². The zero-order chi connectivity index (χ0) is 18.8. The molecule has 27 heavy (non-hydrogen) atoms. The number of nitrogens with one attached hydrogen (secondary N) is 1. The maximum atomic E-state index is 4.91. The van der Waals surface area contributed by atoms with Crippen molar-refractivity contribution in [1.29, 1.82) is 0 Å². The predicted octanol–water partition coefficient (Wildman–Crippen LogP) is 5.67. The van der Waals surface area contributed by atoms with Crippen molar-refractivity contribution in [2.24, 2.45) is 0 Å². The van der Waals surface area contributed by atoms with E-state index in [-0.39, 0.29) is 0 Å². The minimum Gasteiger partial charge on any atom is -0.367 e. The van der Waals surface area contributed by atoms with Gasteiger partial charge in [0.2, 0.25) is 0 Å². The Morgan fingerprint density at radius 2 is 1.89 bits per heavy atom. The molecule has 0 saturated heterocycles. The highest BCUT2D eigenvalue weighted by atomic mass is 79.9. The number of anilines is 2. The number of benzene rings is 1. The van der Waals surface area contributed by atoms with Gasteiger partial charge in [0.15, 0.2) is 0 Å². The fraction of sp³-hybridized carbons (Fsp3) is 0.545. The molecule has 0 radical (unpaired) electrons. The quantitative estimate of drug-likeness (QED) is 0.680. The van der Waals surface area contributed by atoms with E-state index in [1.165, 1.54) is 43.2 Å². The molecule has 1 aliphatic heterocycles. The van der Waals surface area contributed by atoms with Gasteiger partial charge in [-0.15, -0.1) is 0 Å². The topological polar surface area (TPSA) is 41.1 Å². The van der Waals surface area contributed by atoms with Gasteiger partial charge < -0.3 is 10.2 Å². The molecular formula is C22H29BrN4. The lowest BCUT2D eigenvalue weighted by Gasteiger charge is -2.31. The zero-order valence-corrected chi connectivity index (χ0v) is 17.9. The van der Waals surface area contributed by atoms with Crippen molar-refractivity contribution in [3.63, 3.8) is 0 Å². The third kappa shape index (κ3) is 4.45. The van der Waals surface area contributed by atoms with Crippen LogP contribution in [-0.2, 0) is 13.0 Å². The normalized spacial score (nSPS) is 17.9. The van der Waals surface area contributed by atoms with E-state index >= 15 is 0 Å². The van der Waals surface area contributed by atoms with Crippen molar-refractivity contribution < 1.29 is 0 Å². The number of hydrogen-bond donors (Lipinski definition) is 1. The van der Waals surface area contributed by atoms with Crippen LogP contribution in [0.3, 0.4) is 0 Å². The van der Waals surface area contributed by atoms with Gasteiger partial charge in [0.1, 0.15) is 17.5 Å². The van der Waals surface area contributed by atoms with Crippen molar-refractivity contribution in [3.8, 4) is 0 Å². The molecule has 0 unspecified atom stereocenters. The first-order valence-electron chi connectivity index (χ1n) is 10.3. The van der Waals surface area contributed by atoms with Crippen molar-refractivity contribution >= 4 is 27.6 Å². The maximum Gasteiger partial charge on any atom is 0.135 e. The zero-order valence-electron chi connectivity index (χ0n) is 16.3.